The van der Waals surface area contributed by atoms with Gasteiger partial charge < -0.3 is 15.7 Å². The fourth-order valence-electron chi connectivity index (χ4n) is 4.20. The first-order valence-corrected chi connectivity index (χ1v) is 9.80. The van der Waals surface area contributed by atoms with E-state index in [0.29, 0.717) is 42.9 Å². The number of carbonyl (C=O) groups excluding carboxylic acids is 2. The molecule has 0 bridgehead atoms. The van der Waals surface area contributed by atoms with Gasteiger partial charge in [0.1, 0.15) is 0 Å². The molecule has 2 amide bonds. The maximum absolute atomic E-state index is 12.7. The van der Waals surface area contributed by atoms with E-state index in [1.807, 2.05) is 12.1 Å². The fraction of sp³-hybridized carbons (Fsp3) is 0.450. The van der Waals surface area contributed by atoms with Gasteiger partial charge in [-0.05, 0) is 30.5 Å². The second-order valence-electron chi connectivity index (χ2n) is 7.79. The van der Waals surface area contributed by atoms with Crippen LogP contribution >= 0.6 is 11.6 Å². The zero-order valence-corrected chi connectivity index (χ0v) is 16.4. The third-order valence-electron chi connectivity index (χ3n) is 5.57. The number of carbonyl (C=O) groups is 2. The Bertz CT molecular complexity index is 924. The van der Waals surface area contributed by atoms with Gasteiger partial charge in [-0.1, -0.05) is 23.7 Å². The first kappa shape index (κ1) is 19.0. The molecule has 28 heavy (non-hydrogen) atoms. The van der Waals surface area contributed by atoms with Gasteiger partial charge >= 0.3 is 0 Å². The Labute approximate surface area is 168 Å². The number of halogens is 1. The first-order valence-electron chi connectivity index (χ1n) is 9.42. The van der Waals surface area contributed by atoms with Crippen molar-refractivity contribution in [3.05, 3.63) is 51.8 Å². The Morgan fingerprint density at radius 1 is 1.39 bits per heavy atom. The molecule has 0 spiro atoms. The lowest BCUT2D eigenvalue weighted by atomic mass is 9.91. The Balaban J connectivity index is 1.45. The number of amides is 2. The number of benzene rings is 1. The molecule has 2 aliphatic rings. The number of aromatic nitrogens is 2. The summed E-state index contributed by atoms with van der Waals surface area (Å²) in [6.45, 7) is 0.375. The van der Waals surface area contributed by atoms with Crippen molar-refractivity contribution in [2.24, 2.45) is 7.05 Å². The molecule has 1 aliphatic carbocycles. The fourth-order valence-corrected chi connectivity index (χ4v) is 4.32. The monoisotopic (exact) mass is 402 g/mol. The van der Waals surface area contributed by atoms with Gasteiger partial charge in [-0.3, -0.25) is 14.3 Å². The Morgan fingerprint density at radius 3 is 2.82 bits per heavy atom. The average Bonchev–Trinajstić information content (AvgIpc) is 3.29. The summed E-state index contributed by atoms with van der Waals surface area (Å²) in [5, 5.41) is 21.9. The van der Waals surface area contributed by atoms with Crippen LogP contribution < -0.4 is 10.6 Å². The van der Waals surface area contributed by atoms with Crippen molar-refractivity contribution in [3.8, 4) is 0 Å². The van der Waals surface area contributed by atoms with E-state index < -0.39 is 5.60 Å². The minimum absolute atomic E-state index is 0.0121. The zero-order chi connectivity index (χ0) is 19.9. The Kier molecular flexibility index (Phi) is 4.89. The van der Waals surface area contributed by atoms with Crippen LogP contribution in [0.3, 0.4) is 0 Å². The Morgan fingerprint density at radius 2 is 2.14 bits per heavy atom. The van der Waals surface area contributed by atoms with Crippen LogP contribution in [0.25, 0.3) is 0 Å². The molecule has 3 N–H and O–H groups in total. The molecule has 0 radical (unpaired) electrons. The lowest BCUT2D eigenvalue weighted by Gasteiger charge is -2.26. The minimum atomic E-state index is -0.959. The normalized spacial score (nSPS) is 23.5. The summed E-state index contributed by atoms with van der Waals surface area (Å²) in [6, 6.07) is 7.27. The summed E-state index contributed by atoms with van der Waals surface area (Å²) in [6.07, 6.45) is 2.53. The van der Waals surface area contributed by atoms with E-state index in [1.165, 1.54) is 0 Å². The van der Waals surface area contributed by atoms with Crippen LogP contribution in [0, 0.1) is 0 Å². The molecule has 0 saturated carbocycles. The highest BCUT2D eigenvalue weighted by molar-refractivity contribution is 6.30. The van der Waals surface area contributed by atoms with Gasteiger partial charge in [-0.2, -0.15) is 5.10 Å². The predicted octanol–water partition coefficient (Wildman–Crippen LogP) is 1.50. The summed E-state index contributed by atoms with van der Waals surface area (Å²) in [4.78, 5) is 24.1. The van der Waals surface area contributed by atoms with E-state index in [9.17, 15) is 14.7 Å². The molecule has 148 valence electrons. The smallest absolute Gasteiger partial charge is 0.272 e. The van der Waals surface area contributed by atoms with Crippen molar-refractivity contribution in [2.75, 3.05) is 0 Å². The molecule has 2 heterocycles. The van der Waals surface area contributed by atoms with Gasteiger partial charge in [0.2, 0.25) is 5.91 Å². The van der Waals surface area contributed by atoms with Crippen molar-refractivity contribution in [3.63, 3.8) is 0 Å². The molecule has 8 heteroatoms. The van der Waals surface area contributed by atoms with Gasteiger partial charge in [0.25, 0.3) is 5.91 Å². The van der Waals surface area contributed by atoms with Crippen LogP contribution in [0.15, 0.2) is 24.3 Å². The van der Waals surface area contributed by atoms with Crippen LogP contribution in [0.5, 0.6) is 0 Å². The second-order valence-corrected chi connectivity index (χ2v) is 8.23. The van der Waals surface area contributed by atoms with Crippen molar-refractivity contribution >= 4 is 23.4 Å². The maximum Gasteiger partial charge on any atom is 0.272 e. The summed E-state index contributed by atoms with van der Waals surface area (Å²) >= 11 is 5.89. The predicted molar refractivity (Wildman–Crippen MR) is 104 cm³/mol. The molecule has 4 rings (SSSR count). The number of nitrogens with zero attached hydrogens (tertiary/aromatic N) is 2. The minimum Gasteiger partial charge on any atom is -0.389 e. The third kappa shape index (κ3) is 3.77. The number of hydrogen-bond acceptors (Lipinski definition) is 4. The SMILES string of the molecule is Cn1nc(C(=O)NCc2ccc(Cl)cc2)c2c1CC(O)(C[C@H]1CCC(=O)N1)C2. The lowest BCUT2D eigenvalue weighted by molar-refractivity contribution is -0.119. The molecule has 1 unspecified atom stereocenters. The molecular formula is C20H23ClN4O3. The molecule has 2 atom stereocenters. The van der Waals surface area contributed by atoms with Gasteiger partial charge in [0, 0.05) is 55.2 Å². The van der Waals surface area contributed by atoms with Crippen LogP contribution in [-0.4, -0.2) is 38.3 Å². The van der Waals surface area contributed by atoms with Gasteiger partial charge in [-0.15, -0.1) is 0 Å². The Hall–Kier alpha value is -2.38. The summed E-state index contributed by atoms with van der Waals surface area (Å²) in [7, 11) is 1.79. The largest absolute Gasteiger partial charge is 0.389 e. The molecule has 1 saturated heterocycles. The number of aryl methyl sites for hydroxylation is 1. The molecule has 7 nitrogen and oxygen atoms in total. The maximum atomic E-state index is 12.7. The number of fused-ring (bicyclic) bond motifs is 1. The van der Waals surface area contributed by atoms with Gasteiger partial charge in [0.05, 0.1) is 5.60 Å². The van der Waals surface area contributed by atoms with Crippen LogP contribution in [0.1, 0.15) is 46.6 Å². The number of hydrogen-bond donors (Lipinski definition) is 3. The number of rotatable bonds is 5. The quantitative estimate of drug-likeness (QED) is 0.706. The van der Waals surface area contributed by atoms with Crippen molar-refractivity contribution < 1.29 is 14.7 Å². The molecule has 1 aromatic carbocycles. The topological polar surface area (TPSA) is 96.2 Å². The molecular weight excluding hydrogens is 380 g/mol. The standard InChI is InChI=1S/C20H23ClN4O3/c1-25-16-10-20(28,8-14-6-7-17(26)23-14)9-15(16)18(24-25)19(27)22-11-12-2-4-13(21)5-3-12/h2-5,14,28H,6-11H2,1H3,(H,22,27)(H,23,26)/t14-,20?/m1/s1. The van der Waals surface area contributed by atoms with E-state index in [4.69, 9.17) is 11.6 Å². The van der Waals surface area contributed by atoms with E-state index in [2.05, 4.69) is 15.7 Å². The van der Waals surface area contributed by atoms with E-state index >= 15 is 0 Å². The zero-order valence-electron chi connectivity index (χ0n) is 15.7. The second kappa shape index (κ2) is 7.22. The number of nitrogens with one attached hydrogen (secondary N) is 2. The van der Waals surface area contributed by atoms with Gasteiger partial charge in [-0.25, -0.2) is 0 Å². The van der Waals surface area contributed by atoms with E-state index in [-0.39, 0.29) is 17.9 Å². The molecule has 2 aromatic rings. The average molecular weight is 403 g/mol. The van der Waals surface area contributed by atoms with Crippen LogP contribution in [0.2, 0.25) is 5.02 Å². The van der Waals surface area contributed by atoms with Crippen molar-refractivity contribution in [2.45, 2.75) is 50.3 Å². The summed E-state index contributed by atoms with van der Waals surface area (Å²) in [5.74, 6) is -0.224. The summed E-state index contributed by atoms with van der Waals surface area (Å²) in [5.41, 5.74) is 2.02. The highest BCUT2D eigenvalue weighted by atomic mass is 35.5. The van der Waals surface area contributed by atoms with E-state index in [0.717, 1.165) is 23.2 Å². The van der Waals surface area contributed by atoms with Crippen molar-refractivity contribution in [1.82, 2.24) is 20.4 Å². The van der Waals surface area contributed by atoms with Crippen LogP contribution in [0.4, 0.5) is 0 Å². The molecule has 1 aromatic heterocycles. The highest BCUT2D eigenvalue weighted by Crippen LogP contribution is 2.36. The third-order valence-corrected chi connectivity index (χ3v) is 5.82. The molecule has 1 aliphatic heterocycles. The van der Waals surface area contributed by atoms with E-state index in [1.54, 1.807) is 23.9 Å². The highest BCUT2D eigenvalue weighted by Gasteiger charge is 2.43. The van der Waals surface area contributed by atoms with Crippen LogP contribution in [-0.2, 0) is 31.2 Å². The number of aliphatic hydroxyl groups is 1. The van der Waals surface area contributed by atoms with Gasteiger partial charge in [0.15, 0.2) is 5.69 Å². The molecule has 1 fully saturated rings. The summed E-state index contributed by atoms with van der Waals surface area (Å²) < 4.78 is 1.68. The first-order chi connectivity index (χ1) is 13.3. The van der Waals surface area contributed by atoms with Crippen molar-refractivity contribution in [1.29, 1.82) is 0 Å². The lowest BCUT2D eigenvalue weighted by Crippen LogP contribution is -2.39.